The first-order valence-corrected chi connectivity index (χ1v) is 11.4. The third-order valence-electron chi connectivity index (χ3n) is 5.45. The molecule has 8 nitrogen and oxygen atoms in total. The fourth-order valence-corrected chi connectivity index (χ4v) is 3.88. The van der Waals surface area contributed by atoms with Gasteiger partial charge < -0.3 is 25.6 Å². The molecule has 1 amide bonds. The maximum absolute atomic E-state index is 13.5. The lowest BCUT2D eigenvalue weighted by Gasteiger charge is -2.27. The summed E-state index contributed by atoms with van der Waals surface area (Å²) in [4.78, 5) is 23.1. The Hall–Kier alpha value is -3.27. The van der Waals surface area contributed by atoms with E-state index in [1.54, 1.807) is 18.2 Å². The van der Waals surface area contributed by atoms with Crippen molar-refractivity contribution in [2.75, 3.05) is 50.0 Å². The number of piperazine rings is 1. The molecule has 0 radical (unpaired) electrons. The Morgan fingerprint density at radius 3 is 2.85 bits per heavy atom. The van der Waals surface area contributed by atoms with Crippen molar-refractivity contribution in [1.29, 1.82) is 0 Å². The van der Waals surface area contributed by atoms with Crippen molar-refractivity contribution >= 4 is 45.6 Å². The highest BCUT2D eigenvalue weighted by Gasteiger charge is 2.14. The monoisotopic (exact) mass is 484 g/mol. The standard InChI is InChI=1S/C24H26ClFN6O2/c1-2-23(33)31-21-13-17-20(14-22(21)34-11-3-8-32-9-6-27-7-10-32)28-15-29-24(17)30-16-4-5-19(26)18(25)12-16/h2,4-5,12-15,27H,1,3,6-11H2,(H,31,33)(H,28,29,30). The van der Waals surface area contributed by atoms with E-state index in [4.69, 9.17) is 16.3 Å². The molecule has 34 heavy (non-hydrogen) atoms. The zero-order valence-electron chi connectivity index (χ0n) is 18.6. The van der Waals surface area contributed by atoms with Crippen LogP contribution in [-0.4, -0.2) is 60.1 Å². The number of halogens is 2. The van der Waals surface area contributed by atoms with E-state index in [2.05, 4.69) is 37.4 Å². The molecule has 0 saturated carbocycles. The molecule has 1 aliphatic heterocycles. The molecule has 0 unspecified atom stereocenters. The largest absolute Gasteiger partial charge is 0.491 e. The third-order valence-corrected chi connectivity index (χ3v) is 5.74. The summed E-state index contributed by atoms with van der Waals surface area (Å²) in [5.41, 5.74) is 1.67. The zero-order chi connectivity index (χ0) is 23.9. The number of rotatable bonds is 9. The van der Waals surface area contributed by atoms with Crippen LogP contribution in [0.2, 0.25) is 5.02 Å². The molecule has 1 fully saturated rings. The molecular weight excluding hydrogens is 459 g/mol. The van der Waals surface area contributed by atoms with Crippen LogP contribution in [0.5, 0.6) is 5.75 Å². The van der Waals surface area contributed by atoms with Crippen molar-refractivity contribution in [3.8, 4) is 5.75 Å². The van der Waals surface area contributed by atoms with Crippen molar-refractivity contribution in [3.63, 3.8) is 0 Å². The number of nitrogens with one attached hydrogen (secondary N) is 3. The van der Waals surface area contributed by atoms with Crippen LogP contribution in [-0.2, 0) is 4.79 Å². The van der Waals surface area contributed by atoms with E-state index >= 15 is 0 Å². The number of fused-ring (bicyclic) bond motifs is 1. The predicted molar refractivity (Wildman–Crippen MR) is 132 cm³/mol. The summed E-state index contributed by atoms with van der Waals surface area (Å²) in [6.45, 7) is 9.03. The van der Waals surface area contributed by atoms with Gasteiger partial charge in [-0.15, -0.1) is 0 Å². The van der Waals surface area contributed by atoms with Gasteiger partial charge in [0, 0.05) is 49.9 Å². The Balaban J connectivity index is 1.56. The van der Waals surface area contributed by atoms with E-state index in [0.717, 1.165) is 39.1 Å². The maximum Gasteiger partial charge on any atom is 0.247 e. The second kappa shape index (κ2) is 11.2. The van der Waals surface area contributed by atoms with Crippen LogP contribution < -0.4 is 20.7 Å². The summed E-state index contributed by atoms with van der Waals surface area (Å²) in [5, 5.41) is 9.92. The highest BCUT2D eigenvalue weighted by atomic mass is 35.5. The Kier molecular flexibility index (Phi) is 7.89. The first-order valence-electron chi connectivity index (χ1n) is 11.0. The van der Waals surface area contributed by atoms with Gasteiger partial charge in [0.15, 0.2) is 0 Å². The zero-order valence-corrected chi connectivity index (χ0v) is 19.4. The van der Waals surface area contributed by atoms with Gasteiger partial charge in [0.2, 0.25) is 5.91 Å². The van der Waals surface area contributed by atoms with Gasteiger partial charge in [-0.1, -0.05) is 18.2 Å². The molecule has 0 spiro atoms. The smallest absolute Gasteiger partial charge is 0.247 e. The number of ether oxygens (including phenoxy) is 1. The van der Waals surface area contributed by atoms with Crippen molar-refractivity contribution in [2.24, 2.45) is 0 Å². The minimum atomic E-state index is -0.507. The van der Waals surface area contributed by atoms with Crippen molar-refractivity contribution < 1.29 is 13.9 Å². The molecule has 0 aliphatic carbocycles. The maximum atomic E-state index is 13.5. The first kappa shape index (κ1) is 23.9. The van der Waals surface area contributed by atoms with E-state index < -0.39 is 5.82 Å². The summed E-state index contributed by atoms with van der Waals surface area (Å²) in [7, 11) is 0. The molecule has 0 bridgehead atoms. The van der Waals surface area contributed by atoms with E-state index in [9.17, 15) is 9.18 Å². The summed E-state index contributed by atoms with van der Waals surface area (Å²) < 4.78 is 19.6. The molecule has 10 heteroatoms. The molecule has 3 aromatic rings. The van der Waals surface area contributed by atoms with Crippen LogP contribution in [0, 0.1) is 5.82 Å². The number of nitrogens with zero attached hydrogens (tertiary/aromatic N) is 3. The van der Waals surface area contributed by atoms with Gasteiger partial charge in [-0.2, -0.15) is 0 Å². The third kappa shape index (κ3) is 5.99. The quantitative estimate of drug-likeness (QED) is 0.313. The van der Waals surface area contributed by atoms with E-state index in [1.165, 1.54) is 24.5 Å². The summed E-state index contributed by atoms with van der Waals surface area (Å²) in [6, 6.07) is 7.82. The molecule has 0 atom stereocenters. The molecule has 1 aromatic heterocycles. The Bertz CT molecular complexity index is 1190. The average molecular weight is 485 g/mol. The van der Waals surface area contributed by atoms with E-state index in [1.807, 2.05) is 0 Å². The van der Waals surface area contributed by atoms with Gasteiger partial charge in [0.05, 0.1) is 22.8 Å². The highest BCUT2D eigenvalue weighted by Crippen LogP contribution is 2.34. The van der Waals surface area contributed by atoms with Gasteiger partial charge >= 0.3 is 0 Å². The normalized spacial score (nSPS) is 14.1. The topological polar surface area (TPSA) is 91.4 Å². The fourth-order valence-electron chi connectivity index (χ4n) is 3.70. The first-order chi connectivity index (χ1) is 16.5. The van der Waals surface area contributed by atoms with E-state index in [0.29, 0.717) is 40.5 Å². The van der Waals surface area contributed by atoms with Crippen LogP contribution in [0.1, 0.15) is 6.42 Å². The number of hydrogen-bond donors (Lipinski definition) is 3. The van der Waals surface area contributed by atoms with Crippen molar-refractivity contribution in [1.82, 2.24) is 20.2 Å². The van der Waals surface area contributed by atoms with Crippen LogP contribution in [0.15, 0.2) is 49.3 Å². The molecule has 2 aromatic carbocycles. The van der Waals surface area contributed by atoms with Gasteiger partial charge in [-0.05, 0) is 36.8 Å². The van der Waals surface area contributed by atoms with Crippen molar-refractivity contribution in [2.45, 2.75) is 6.42 Å². The number of aromatic nitrogens is 2. The Labute approximate surface area is 202 Å². The summed E-state index contributed by atoms with van der Waals surface area (Å²) in [5.74, 6) is 0.124. The molecular formula is C24H26ClFN6O2. The molecule has 178 valence electrons. The Morgan fingerprint density at radius 2 is 2.09 bits per heavy atom. The highest BCUT2D eigenvalue weighted by molar-refractivity contribution is 6.31. The minimum Gasteiger partial charge on any atom is -0.491 e. The number of amides is 1. The number of hydrogen-bond acceptors (Lipinski definition) is 7. The lowest BCUT2D eigenvalue weighted by molar-refractivity contribution is -0.111. The van der Waals surface area contributed by atoms with Crippen LogP contribution >= 0.6 is 11.6 Å². The number of anilines is 3. The second-order valence-electron chi connectivity index (χ2n) is 7.83. The molecule has 3 N–H and O–H groups in total. The van der Waals surface area contributed by atoms with Crippen LogP contribution in [0.3, 0.4) is 0 Å². The van der Waals surface area contributed by atoms with Gasteiger partial charge in [-0.3, -0.25) is 4.79 Å². The summed E-state index contributed by atoms with van der Waals surface area (Å²) in [6.07, 6.45) is 3.47. The van der Waals surface area contributed by atoms with Crippen LogP contribution in [0.25, 0.3) is 10.9 Å². The average Bonchev–Trinajstić information content (AvgIpc) is 2.85. The lowest BCUT2D eigenvalue weighted by atomic mass is 10.1. The molecule has 4 rings (SSSR count). The van der Waals surface area contributed by atoms with Crippen LogP contribution in [0.4, 0.5) is 21.6 Å². The molecule has 1 saturated heterocycles. The number of carbonyl (C=O) groups is 1. The molecule has 2 heterocycles. The van der Waals surface area contributed by atoms with Gasteiger partial charge in [0.25, 0.3) is 0 Å². The minimum absolute atomic E-state index is 0.00111. The predicted octanol–water partition coefficient (Wildman–Crippen LogP) is 3.96. The van der Waals surface area contributed by atoms with Gasteiger partial charge in [0.1, 0.15) is 23.7 Å². The van der Waals surface area contributed by atoms with Gasteiger partial charge in [-0.25, -0.2) is 14.4 Å². The summed E-state index contributed by atoms with van der Waals surface area (Å²) >= 11 is 5.90. The SMILES string of the molecule is C=CC(=O)Nc1cc2c(Nc3ccc(F)c(Cl)c3)ncnc2cc1OCCCN1CCNCC1. The number of benzene rings is 2. The fraction of sp³-hybridized carbons (Fsp3) is 0.292. The lowest BCUT2D eigenvalue weighted by Crippen LogP contribution is -2.43. The van der Waals surface area contributed by atoms with E-state index in [-0.39, 0.29) is 10.9 Å². The molecule has 1 aliphatic rings. The second-order valence-corrected chi connectivity index (χ2v) is 8.24. The van der Waals surface area contributed by atoms with Crippen molar-refractivity contribution in [3.05, 3.63) is 60.2 Å². The Morgan fingerprint density at radius 1 is 1.26 bits per heavy atom. The number of carbonyl (C=O) groups excluding carboxylic acids is 1.